The highest BCUT2D eigenvalue weighted by Gasteiger charge is 2.36. The van der Waals surface area contributed by atoms with Crippen LogP contribution >= 0.6 is 15.8 Å². The molecule has 0 aliphatic carbocycles. The van der Waals surface area contributed by atoms with Crippen molar-refractivity contribution in [3.8, 4) is 0 Å². The molecule has 0 radical (unpaired) electrons. The molecule has 0 unspecified atom stereocenters. The molecule has 0 N–H and O–H groups in total. The van der Waals surface area contributed by atoms with Crippen molar-refractivity contribution in [1.29, 1.82) is 0 Å². The molecular weight excluding hydrogens is 639 g/mol. The lowest BCUT2D eigenvalue weighted by atomic mass is 9.21. The number of nitrogens with zero attached hydrogens (tertiary/aromatic N) is 1. The van der Waals surface area contributed by atoms with Gasteiger partial charge in [0.1, 0.15) is 0 Å². The summed E-state index contributed by atoms with van der Waals surface area (Å²) >= 11 is 0. The molecule has 2 aliphatic rings. The average Bonchev–Trinajstić information content (AvgIpc) is 3.89. The van der Waals surface area contributed by atoms with Gasteiger partial charge in [-0.3, -0.25) is 0 Å². The molecule has 0 bridgehead atoms. The van der Waals surface area contributed by atoms with Crippen LogP contribution in [-0.2, 0) is 0 Å². The maximum Gasteiger partial charge on any atom is 0.0788 e. The van der Waals surface area contributed by atoms with Crippen molar-refractivity contribution >= 4 is 54.1 Å². The highest BCUT2D eigenvalue weighted by molar-refractivity contribution is 7.79. The van der Waals surface area contributed by atoms with Crippen molar-refractivity contribution in [2.75, 3.05) is 38.3 Å². The van der Waals surface area contributed by atoms with Crippen LogP contribution in [0, 0.1) is 0 Å². The van der Waals surface area contributed by atoms with E-state index in [9.17, 15) is 0 Å². The third-order valence-electron chi connectivity index (χ3n) is 11.2. The van der Waals surface area contributed by atoms with Gasteiger partial charge in [-0.05, 0) is 21.2 Å². The lowest BCUT2D eigenvalue weighted by Crippen LogP contribution is -2.65. The molecule has 2 saturated heterocycles. The number of rotatable bonds is 10. The molecule has 4 heteroatoms. The molecule has 6 aromatic carbocycles. The van der Waals surface area contributed by atoms with E-state index in [1.807, 2.05) is 0 Å². The van der Waals surface area contributed by atoms with Crippen LogP contribution in [0.3, 0.4) is 0 Å². The van der Waals surface area contributed by atoms with Gasteiger partial charge in [0, 0.05) is 25.7 Å². The molecule has 8 rings (SSSR count). The third-order valence-corrected chi connectivity index (χ3v) is 16.8. The van der Waals surface area contributed by atoms with Crippen LogP contribution in [0.5, 0.6) is 0 Å². The first-order valence-corrected chi connectivity index (χ1v) is 21.7. The molecule has 2 heterocycles. The zero-order valence-electron chi connectivity index (χ0n) is 29.3. The molecule has 1 spiro atoms. The van der Waals surface area contributed by atoms with Crippen LogP contribution in [0.1, 0.15) is 25.7 Å². The van der Waals surface area contributed by atoms with Gasteiger partial charge in [0.25, 0.3) is 0 Å². The largest absolute Gasteiger partial charge is 0.324 e. The van der Waals surface area contributed by atoms with Gasteiger partial charge in [-0.2, -0.15) is 0 Å². The molecule has 1 nitrogen and oxygen atoms in total. The molecule has 0 atom stereocenters. The van der Waals surface area contributed by atoms with Crippen LogP contribution in [-0.4, -0.2) is 48.9 Å². The molecule has 2 fully saturated rings. The summed E-state index contributed by atoms with van der Waals surface area (Å²) in [5.41, 5.74) is 2.91. The van der Waals surface area contributed by atoms with Gasteiger partial charge < -0.3 is 4.48 Å². The van der Waals surface area contributed by atoms with E-state index >= 15 is 0 Å². The van der Waals surface area contributed by atoms with Crippen molar-refractivity contribution in [3.63, 3.8) is 0 Å². The van der Waals surface area contributed by atoms with E-state index in [0.29, 0.717) is 0 Å². The fourth-order valence-corrected chi connectivity index (χ4v) is 14.7. The predicted molar refractivity (Wildman–Crippen MR) is 224 cm³/mol. The van der Waals surface area contributed by atoms with Gasteiger partial charge in [-0.15, -0.1) is 12.1 Å². The molecule has 50 heavy (non-hydrogen) atoms. The Morgan fingerprint density at radius 2 is 0.580 bits per heavy atom. The van der Waals surface area contributed by atoms with Gasteiger partial charge in [0.2, 0.25) is 0 Å². The minimum absolute atomic E-state index is 0.616. The van der Waals surface area contributed by atoms with Gasteiger partial charge in [-0.1, -0.05) is 198 Å². The SMILES string of the molecule is C1CC[N+]2(C1)CCCC2.c1ccc(P(C[B-](CP(c2ccccc2)c2ccccc2)(c2ccccc2)c2ccccc2)c2ccccc2)cc1. The van der Waals surface area contributed by atoms with Gasteiger partial charge in [0.15, 0.2) is 0 Å². The maximum absolute atomic E-state index is 2.39. The Bertz CT molecular complexity index is 1620. The topological polar surface area (TPSA) is 0 Å². The zero-order valence-corrected chi connectivity index (χ0v) is 31.1. The lowest BCUT2D eigenvalue weighted by Gasteiger charge is -2.47. The van der Waals surface area contributed by atoms with Crippen LogP contribution in [0.4, 0.5) is 0 Å². The Labute approximate surface area is 303 Å². The Morgan fingerprint density at radius 3 is 0.840 bits per heavy atom. The number of hydrogen-bond acceptors (Lipinski definition) is 0. The minimum Gasteiger partial charge on any atom is -0.324 e. The molecule has 0 amide bonds. The van der Waals surface area contributed by atoms with Crippen molar-refractivity contribution in [2.24, 2.45) is 0 Å². The molecule has 0 saturated carbocycles. The highest BCUT2D eigenvalue weighted by atomic mass is 31.1. The summed E-state index contributed by atoms with van der Waals surface area (Å²) in [5.74, 6) is 0. The Balaban J connectivity index is 0.000000375. The predicted octanol–water partition coefficient (Wildman–Crippen LogP) is 7.98. The molecule has 2 aliphatic heterocycles. The van der Waals surface area contributed by atoms with E-state index in [4.69, 9.17) is 0 Å². The Hall–Kier alpha value is -3.80. The van der Waals surface area contributed by atoms with Gasteiger partial charge >= 0.3 is 0 Å². The molecular formula is C46H50BNP2. The van der Waals surface area contributed by atoms with E-state index in [-0.39, 0.29) is 0 Å². The van der Waals surface area contributed by atoms with E-state index in [2.05, 4.69) is 182 Å². The first-order chi connectivity index (χ1) is 24.7. The minimum atomic E-state index is -1.16. The Morgan fingerprint density at radius 1 is 0.340 bits per heavy atom. The van der Waals surface area contributed by atoms with Crippen molar-refractivity contribution in [2.45, 2.75) is 25.7 Å². The summed E-state index contributed by atoms with van der Waals surface area (Å²) in [6.45, 7) is 6.00. The second-order valence-electron chi connectivity index (χ2n) is 14.3. The summed E-state index contributed by atoms with van der Waals surface area (Å²) in [5, 5.41) is 5.76. The summed E-state index contributed by atoms with van der Waals surface area (Å²) < 4.78 is 1.50. The van der Waals surface area contributed by atoms with Crippen LogP contribution in [0.2, 0.25) is 0 Å². The van der Waals surface area contributed by atoms with Crippen LogP contribution < -0.4 is 32.1 Å². The van der Waals surface area contributed by atoms with Crippen molar-refractivity contribution in [1.82, 2.24) is 0 Å². The fourth-order valence-electron chi connectivity index (χ4n) is 8.55. The van der Waals surface area contributed by atoms with E-state index in [1.54, 1.807) is 0 Å². The number of quaternary nitrogens is 1. The normalized spacial score (nSPS) is 15.2. The quantitative estimate of drug-likeness (QED) is 0.0778. The number of hydrogen-bond donors (Lipinski definition) is 0. The standard InChI is InChI=1S/C38H34BP2.C8H16N/c1-7-19-33(20-8-1)39(34-21-9-2-10-22-34,31-40(35-23-11-3-12-24-35)36-25-13-4-14-26-36)32-41(37-27-15-5-16-28-37)38-29-17-6-18-30-38;1-2-6-9(5-1)7-3-4-8-9/h1-30H,31-32H2;1-8H2/q-1;+1. The maximum atomic E-state index is 2.39. The Kier molecular flexibility index (Phi) is 11.7. The van der Waals surface area contributed by atoms with Crippen LogP contribution in [0.15, 0.2) is 182 Å². The van der Waals surface area contributed by atoms with E-state index in [0.717, 1.165) is 12.1 Å². The second-order valence-corrected chi connectivity index (χ2v) is 18.8. The monoisotopic (exact) mass is 689 g/mol. The summed E-state index contributed by atoms with van der Waals surface area (Å²) in [4.78, 5) is 0. The molecule has 6 aromatic rings. The van der Waals surface area contributed by atoms with Crippen LogP contribution in [0.25, 0.3) is 0 Å². The molecule has 252 valence electrons. The summed E-state index contributed by atoms with van der Waals surface area (Å²) in [6.07, 6.45) is 4.84. The van der Waals surface area contributed by atoms with Gasteiger partial charge in [-0.25, -0.2) is 10.9 Å². The summed E-state index contributed by atoms with van der Waals surface area (Å²) in [7, 11) is -1.23. The average molecular weight is 690 g/mol. The second kappa shape index (κ2) is 16.9. The lowest BCUT2D eigenvalue weighted by molar-refractivity contribution is -0.904. The highest BCUT2D eigenvalue weighted by Crippen LogP contribution is 2.42. The number of benzene rings is 6. The van der Waals surface area contributed by atoms with E-state index in [1.165, 1.54) is 88.5 Å². The molecule has 0 aromatic heterocycles. The fraction of sp³-hybridized carbons (Fsp3) is 0.217. The smallest absolute Gasteiger partial charge is 0.0788 e. The first-order valence-electron chi connectivity index (χ1n) is 18.6. The summed E-state index contributed by atoms with van der Waals surface area (Å²) in [6, 6.07) is 69.9. The van der Waals surface area contributed by atoms with Gasteiger partial charge in [0.05, 0.1) is 32.3 Å². The van der Waals surface area contributed by atoms with Crippen molar-refractivity contribution < 1.29 is 4.48 Å². The zero-order chi connectivity index (χ0) is 33.9. The third kappa shape index (κ3) is 8.22. The van der Waals surface area contributed by atoms with E-state index < -0.39 is 22.0 Å². The first kappa shape index (κ1) is 34.6. The van der Waals surface area contributed by atoms with Crippen molar-refractivity contribution in [3.05, 3.63) is 182 Å².